The van der Waals surface area contributed by atoms with Gasteiger partial charge in [-0.05, 0) is 24.3 Å². The van der Waals surface area contributed by atoms with Crippen molar-refractivity contribution in [3.8, 4) is 17.2 Å². The van der Waals surface area contributed by atoms with Gasteiger partial charge in [0.15, 0.2) is 11.5 Å². The van der Waals surface area contributed by atoms with Gasteiger partial charge in [0, 0.05) is 12.5 Å². The minimum Gasteiger partial charge on any atom is -0.493 e. The van der Waals surface area contributed by atoms with Crippen LogP contribution in [0.4, 0.5) is 0 Å². The lowest BCUT2D eigenvalue weighted by molar-refractivity contribution is 0.231. The highest BCUT2D eigenvalue weighted by Gasteiger charge is 2.13. The predicted octanol–water partition coefficient (Wildman–Crippen LogP) is 3.52. The third kappa shape index (κ3) is 5.69. The van der Waals surface area contributed by atoms with Crippen molar-refractivity contribution in [3.05, 3.63) is 42.4 Å². The molecule has 0 saturated heterocycles. The topological polar surface area (TPSA) is 52.9 Å². The fraction of sp³-hybridized carbons (Fsp3) is 0.412. The number of para-hydroxylation sites is 1. The van der Waals surface area contributed by atoms with Crippen LogP contribution in [0.15, 0.2) is 41.0 Å². The van der Waals surface area contributed by atoms with Gasteiger partial charge in [-0.3, -0.25) is 0 Å². The summed E-state index contributed by atoms with van der Waals surface area (Å²) in [5.74, 6) is 3.26. The van der Waals surface area contributed by atoms with Crippen molar-refractivity contribution >= 4 is 12.4 Å². The van der Waals surface area contributed by atoms with Crippen LogP contribution in [0, 0.1) is 5.92 Å². The van der Waals surface area contributed by atoms with Crippen molar-refractivity contribution in [3.63, 3.8) is 0 Å². The summed E-state index contributed by atoms with van der Waals surface area (Å²) in [5.41, 5.74) is 0. The van der Waals surface area contributed by atoms with E-state index in [1.54, 1.807) is 20.5 Å². The molecule has 0 bridgehead atoms. The largest absolute Gasteiger partial charge is 0.493 e. The molecule has 23 heavy (non-hydrogen) atoms. The van der Waals surface area contributed by atoms with Crippen LogP contribution in [-0.4, -0.2) is 27.4 Å². The van der Waals surface area contributed by atoms with Crippen LogP contribution in [0.5, 0.6) is 17.2 Å². The van der Waals surface area contributed by atoms with Crippen LogP contribution in [-0.2, 0) is 6.54 Å². The molecule has 0 aliphatic rings. The van der Waals surface area contributed by atoms with Gasteiger partial charge < -0.3 is 23.9 Å². The molecule has 0 amide bonds. The SMILES string of the molecule is COc1cccc(OC)c1OCC(C)CNCc1ccco1.Cl. The Labute approximate surface area is 143 Å². The molecule has 2 rings (SSSR count). The van der Waals surface area contributed by atoms with E-state index in [1.165, 1.54) is 0 Å². The fourth-order valence-electron chi connectivity index (χ4n) is 2.10. The molecule has 0 aliphatic heterocycles. The molecule has 1 heterocycles. The summed E-state index contributed by atoms with van der Waals surface area (Å²) in [4.78, 5) is 0. The van der Waals surface area contributed by atoms with E-state index in [0.717, 1.165) is 18.8 Å². The predicted molar refractivity (Wildman–Crippen MR) is 91.9 cm³/mol. The molecule has 1 N–H and O–H groups in total. The van der Waals surface area contributed by atoms with E-state index in [9.17, 15) is 0 Å². The fourth-order valence-corrected chi connectivity index (χ4v) is 2.10. The third-order valence-corrected chi connectivity index (χ3v) is 3.27. The van der Waals surface area contributed by atoms with Crippen molar-refractivity contribution in [1.29, 1.82) is 0 Å². The Bertz CT molecular complexity index is 537. The molecule has 1 aromatic carbocycles. The zero-order chi connectivity index (χ0) is 15.8. The number of benzene rings is 1. The zero-order valence-corrected chi connectivity index (χ0v) is 14.5. The zero-order valence-electron chi connectivity index (χ0n) is 13.7. The summed E-state index contributed by atoms with van der Waals surface area (Å²) < 4.78 is 21.8. The monoisotopic (exact) mass is 341 g/mol. The minimum atomic E-state index is 0. The van der Waals surface area contributed by atoms with Gasteiger partial charge >= 0.3 is 0 Å². The molecule has 1 aromatic heterocycles. The molecule has 128 valence electrons. The van der Waals surface area contributed by atoms with E-state index in [1.807, 2.05) is 30.3 Å². The van der Waals surface area contributed by atoms with E-state index in [4.69, 9.17) is 18.6 Å². The minimum absolute atomic E-state index is 0. The lowest BCUT2D eigenvalue weighted by atomic mass is 10.2. The van der Waals surface area contributed by atoms with E-state index in [0.29, 0.717) is 29.8 Å². The average molecular weight is 342 g/mol. The van der Waals surface area contributed by atoms with Crippen LogP contribution in [0.25, 0.3) is 0 Å². The molecule has 6 heteroatoms. The third-order valence-electron chi connectivity index (χ3n) is 3.27. The molecule has 1 unspecified atom stereocenters. The molecule has 0 radical (unpaired) electrons. The summed E-state index contributed by atoms with van der Waals surface area (Å²) >= 11 is 0. The highest BCUT2D eigenvalue weighted by Crippen LogP contribution is 2.36. The van der Waals surface area contributed by atoms with Gasteiger partial charge in [0.1, 0.15) is 5.76 Å². The van der Waals surface area contributed by atoms with E-state index in [2.05, 4.69) is 12.2 Å². The normalized spacial score (nSPS) is 11.4. The molecule has 2 aromatic rings. The van der Waals surface area contributed by atoms with Crippen LogP contribution >= 0.6 is 12.4 Å². The number of methoxy groups -OCH3 is 2. The van der Waals surface area contributed by atoms with Crippen molar-refractivity contribution in [1.82, 2.24) is 5.32 Å². The average Bonchev–Trinajstić information content (AvgIpc) is 3.05. The first-order valence-corrected chi connectivity index (χ1v) is 7.31. The summed E-state index contributed by atoms with van der Waals surface area (Å²) in [7, 11) is 3.24. The lowest BCUT2D eigenvalue weighted by Gasteiger charge is -2.17. The molecular weight excluding hydrogens is 318 g/mol. The van der Waals surface area contributed by atoms with Crippen LogP contribution < -0.4 is 19.5 Å². The quantitative estimate of drug-likeness (QED) is 0.756. The van der Waals surface area contributed by atoms with Crippen molar-refractivity contribution in [2.75, 3.05) is 27.4 Å². The van der Waals surface area contributed by atoms with Crippen molar-refractivity contribution in [2.24, 2.45) is 5.92 Å². The van der Waals surface area contributed by atoms with Crippen LogP contribution in [0.3, 0.4) is 0 Å². The van der Waals surface area contributed by atoms with Crippen LogP contribution in [0.2, 0.25) is 0 Å². The molecule has 0 spiro atoms. The van der Waals surface area contributed by atoms with Crippen LogP contribution in [0.1, 0.15) is 12.7 Å². The molecule has 0 saturated carbocycles. The first-order chi connectivity index (χ1) is 10.7. The number of halogens is 1. The highest BCUT2D eigenvalue weighted by molar-refractivity contribution is 5.85. The van der Waals surface area contributed by atoms with E-state index < -0.39 is 0 Å². The maximum absolute atomic E-state index is 5.89. The van der Waals surface area contributed by atoms with E-state index in [-0.39, 0.29) is 12.4 Å². The summed E-state index contributed by atoms with van der Waals surface area (Å²) in [6, 6.07) is 9.43. The number of ether oxygens (including phenoxy) is 3. The standard InChI is InChI=1S/C17H23NO4.ClH/c1-13(10-18-11-14-6-5-9-21-14)12-22-17-15(19-2)7-4-8-16(17)20-3;/h4-9,13,18H,10-12H2,1-3H3;1H. The summed E-state index contributed by atoms with van der Waals surface area (Å²) in [5, 5.41) is 3.34. The second kappa shape index (κ2) is 10.0. The van der Waals surface area contributed by atoms with Gasteiger partial charge in [-0.15, -0.1) is 12.4 Å². The number of furan rings is 1. The Hall–Kier alpha value is -1.85. The summed E-state index contributed by atoms with van der Waals surface area (Å²) in [6.45, 7) is 4.24. The Morgan fingerprint density at radius 3 is 2.35 bits per heavy atom. The van der Waals surface area contributed by atoms with Gasteiger partial charge in [0.25, 0.3) is 0 Å². The Morgan fingerprint density at radius 1 is 1.09 bits per heavy atom. The lowest BCUT2D eigenvalue weighted by Crippen LogP contribution is -2.24. The molecule has 5 nitrogen and oxygen atoms in total. The molecule has 0 aliphatic carbocycles. The molecule has 0 fully saturated rings. The number of rotatable bonds is 9. The number of nitrogens with one attached hydrogen (secondary N) is 1. The Kier molecular flexibility index (Phi) is 8.37. The van der Waals surface area contributed by atoms with Gasteiger partial charge in [-0.25, -0.2) is 0 Å². The Balaban J connectivity index is 0.00000264. The van der Waals surface area contributed by atoms with Gasteiger partial charge in [-0.2, -0.15) is 0 Å². The highest BCUT2D eigenvalue weighted by atomic mass is 35.5. The Morgan fingerprint density at radius 2 is 1.78 bits per heavy atom. The second-order valence-electron chi connectivity index (χ2n) is 5.12. The first kappa shape index (κ1) is 19.2. The van der Waals surface area contributed by atoms with Gasteiger partial charge in [-0.1, -0.05) is 13.0 Å². The van der Waals surface area contributed by atoms with Gasteiger partial charge in [0.2, 0.25) is 5.75 Å². The smallest absolute Gasteiger partial charge is 0.203 e. The van der Waals surface area contributed by atoms with E-state index >= 15 is 0 Å². The molecular formula is C17H24ClNO4. The summed E-state index contributed by atoms with van der Waals surface area (Å²) in [6.07, 6.45) is 1.68. The maximum Gasteiger partial charge on any atom is 0.203 e. The first-order valence-electron chi connectivity index (χ1n) is 7.31. The number of hydrogen-bond acceptors (Lipinski definition) is 5. The number of hydrogen-bond donors (Lipinski definition) is 1. The van der Waals surface area contributed by atoms with Crippen molar-refractivity contribution in [2.45, 2.75) is 13.5 Å². The maximum atomic E-state index is 5.89. The van der Waals surface area contributed by atoms with Crippen molar-refractivity contribution < 1.29 is 18.6 Å². The van der Waals surface area contributed by atoms with Gasteiger partial charge in [0.05, 0.1) is 33.6 Å². The second-order valence-corrected chi connectivity index (χ2v) is 5.12. The molecule has 1 atom stereocenters.